The number of nitrogens with two attached hydrogens (primary N) is 1. The highest BCUT2D eigenvalue weighted by Crippen LogP contribution is 1.84. The minimum absolute atomic E-state index is 0.250. The van der Waals surface area contributed by atoms with Gasteiger partial charge in [0.1, 0.15) is 0 Å². The molecule has 0 aliphatic carbocycles. The van der Waals surface area contributed by atoms with E-state index in [9.17, 15) is 4.79 Å². The average molecular weight is 295 g/mol. The molecule has 3 N–H and O–H groups in total. The van der Waals surface area contributed by atoms with Crippen LogP contribution in [0.15, 0.2) is 0 Å². The summed E-state index contributed by atoms with van der Waals surface area (Å²) in [5.74, 6) is -0.353. The SMILES string of the molecule is CCOCCOCCOCCOCCC(N)=O.O=CO. The fourth-order valence-corrected chi connectivity index (χ4v) is 0.977. The quantitative estimate of drug-likeness (QED) is 0.352. The Balaban J connectivity index is 0. The highest BCUT2D eigenvalue weighted by molar-refractivity contribution is 5.73. The number of ether oxygens (including phenoxy) is 4. The first-order valence-electron chi connectivity index (χ1n) is 6.36. The van der Waals surface area contributed by atoms with Gasteiger partial charge in [0.2, 0.25) is 5.91 Å². The lowest BCUT2D eigenvalue weighted by Gasteiger charge is -2.06. The summed E-state index contributed by atoms with van der Waals surface area (Å²) in [6.45, 7) is 6.01. The first kappa shape index (κ1) is 21.1. The minimum Gasteiger partial charge on any atom is -0.483 e. The molecule has 0 aliphatic rings. The molecule has 8 nitrogen and oxygen atoms in total. The molecule has 120 valence electrons. The van der Waals surface area contributed by atoms with Gasteiger partial charge in [0.15, 0.2) is 0 Å². The molecule has 0 aliphatic heterocycles. The molecular formula is C12H25NO7. The van der Waals surface area contributed by atoms with Gasteiger partial charge in [-0.05, 0) is 6.92 Å². The summed E-state index contributed by atoms with van der Waals surface area (Å²) in [6.07, 6.45) is 0.251. The summed E-state index contributed by atoms with van der Waals surface area (Å²) >= 11 is 0. The normalized spacial score (nSPS) is 9.65. The topological polar surface area (TPSA) is 117 Å². The summed E-state index contributed by atoms with van der Waals surface area (Å²) in [4.78, 5) is 18.7. The zero-order chi connectivity index (χ0) is 15.5. The van der Waals surface area contributed by atoms with E-state index in [1.165, 1.54) is 0 Å². The molecule has 0 rings (SSSR count). The van der Waals surface area contributed by atoms with Gasteiger partial charge in [-0.15, -0.1) is 0 Å². The summed E-state index contributed by atoms with van der Waals surface area (Å²) in [5.41, 5.74) is 4.95. The van der Waals surface area contributed by atoms with Gasteiger partial charge in [0, 0.05) is 13.0 Å². The van der Waals surface area contributed by atoms with Gasteiger partial charge in [-0.2, -0.15) is 0 Å². The van der Waals surface area contributed by atoms with Crippen LogP contribution in [-0.4, -0.2) is 70.3 Å². The molecule has 8 heteroatoms. The molecule has 0 atom stereocenters. The van der Waals surface area contributed by atoms with Crippen LogP contribution in [0.4, 0.5) is 0 Å². The Kier molecular flexibility index (Phi) is 21.2. The molecule has 0 heterocycles. The van der Waals surface area contributed by atoms with Crippen LogP contribution in [0.3, 0.4) is 0 Å². The van der Waals surface area contributed by atoms with Crippen LogP contribution in [0, 0.1) is 0 Å². The van der Waals surface area contributed by atoms with Gasteiger partial charge in [-0.3, -0.25) is 9.59 Å². The number of primary amides is 1. The second-order valence-electron chi connectivity index (χ2n) is 3.36. The standard InChI is InChI=1S/C11H23NO5.CH2O2/c1-2-14-5-6-16-9-10-17-8-7-15-4-3-11(12)13;2-1-3/h2-10H2,1H3,(H2,12,13);1H,(H,2,3). The van der Waals surface area contributed by atoms with Crippen LogP contribution in [0.5, 0.6) is 0 Å². The monoisotopic (exact) mass is 295 g/mol. The third kappa shape index (κ3) is 25.6. The minimum atomic E-state index is -0.353. The molecule has 1 amide bonds. The average Bonchev–Trinajstić information content (AvgIpc) is 2.40. The molecule has 0 aromatic heterocycles. The fraction of sp³-hybridized carbons (Fsp3) is 0.833. The number of amides is 1. The lowest BCUT2D eigenvalue weighted by atomic mass is 10.4. The van der Waals surface area contributed by atoms with Crippen molar-refractivity contribution in [2.45, 2.75) is 13.3 Å². The molecule has 0 spiro atoms. The van der Waals surface area contributed by atoms with Crippen LogP contribution in [-0.2, 0) is 28.5 Å². The third-order valence-corrected chi connectivity index (χ3v) is 1.81. The predicted molar refractivity (Wildman–Crippen MR) is 71.5 cm³/mol. The highest BCUT2D eigenvalue weighted by atomic mass is 16.6. The van der Waals surface area contributed by atoms with Gasteiger partial charge in [0.05, 0.1) is 46.2 Å². The molecule has 0 aromatic carbocycles. The Morgan fingerprint density at radius 1 is 0.950 bits per heavy atom. The Bertz CT molecular complexity index is 214. The van der Waals surface area contributed by atoms with E-state index in [1.54, 1.807) is 0 Å². The second kappa shape index (κ2) is 20.1. The molecule has 0 bridgehead atoms. The van der Waals surface area contributed by atoms with Crippen LogP contribution in [0.2, 0.25) is 0 Å². The summed E-state index contributed by atoms with van der Waals surface area (Å²) in [6, 6.07) is 0. The van der Waals surface area contributed by atoms with Gasteiger partial charge in [0.25, 0.3) is 6.47 Å². The number of rotatable bonds is 13. The van der Waals surface area contributed by atoms with Crippen molar-refractivity contribution in [3.05, 3.63) is 0 Å². The molecule has 0 unspecified atom stereocenters. The van der Waals surface area contributed by atoms with E-state index in [4.69, 9.17) is 34.6 Å². The Labute approximate surface area is 119 Å². The van der Waals surface area contributed by atoms with E-state index in [1.807, 2.05) is 6.92 Å². The Morgan fingerprint density at radius 3 is 1.65 bits per heavy atom. The Hall–Kier alpha value is -1.22. The number of carbonyl (C=O) groups is 2. The van der Waals surface area contributed by atoms with Gasteiger partial charge < -0.3 is 29.8 Å². The number of carbonyl (C=O) groups excluding carboxylic acids is 1. The molecule has 0 fully saturated rings. The van der Waals surface area contributed by atoms with E-state index in [2.05, 4.69) is 0 Å². The van der Waals surface area contributed by atoms with Crippen LogP contribution in [0.1, 0.15) is 13.3 Å². The van der Waals surface area contributed by atoms with Crippen molar-refractivity contribution in [2.24, 2.45) is 5.73 Å². The van der Waals surface area contributed by atoms with Crippen molar-refractivity contribution >= 4 is 12.4 Å². The van der Waals surface area contributed by atoms with E-state index < -0.39 is 0 Å². The van der Waals surface area contributed by atoms with Crippen LogP contribution in [0.25, 0.3) is 0 Å². The zero-order valence-corrected chi connectivity index (χ0v) is 11.9. The van der Waals surface area contributed by atoms with Crippen molar-refractivity contribution in [3.63, 3.8) is 0 Å². The van der Waals surface area contributed by atoms with E-state index >= 15 is 0 Å². The van der Waals surface area contributed by atoms with Crippen molar-refractivity contribution in [2.75, 3.05) is 52.9 Å². The van der Waals surface area contributed by atoms with Crippen LogP contribution < -0.4 is 5.73 Å². The molecular weight excluding hydrogens is 270 g/mol. The lowest BCUT2D eigenvalue weighted by molar-refractivity contribution is -0.123. The van der Waals surface area contributed by atoms with Crippen molar-refractivity contribution in [1.82, 2.24) is 0 Å². The molecule has 0 saturated heterocycles. The predicted octanol–water partition coefficient (Wildman–Crippen LogP) is -0.351. The first-order chi connectivity index (χ1) is 9.68. The molecule has 20 heavy (non-hydrogen) atoms. The van der Waals surface area contributed by atoms with E-state index in [0.717, 1.165) is 0 Å². The number of carboxylic acid groups (broad SMARTS) is 1. The second-order valence-corrected chi connectivity index (χ2v) is 3.36. The maximum absolute atomic E-state index is 10.4. The summed E-state index contributed by atoms with van der Waals surface area (Å²) < 4.78 is 20.7. The van der Waals surface area contributed by atoms with Crippen molar-refractivity contribution in [1.29, 1.82) is 0 Å². The highest BCUT2D eigenvalue weighted by Gasteiger charge is 1.94. The van der Waals surface area contributed by atoms with Crippen molar-refractivity contribution < 1.29 is 33.6 Å². The number of hydrogen-bond acceptors (Lipinski definition) is 6. The molecule has 0 saturated carbocycles. The summed E-state index contributed by atoms with van der Waals surface area (Å²) in [7, 11) is 0. The molecule has 0 radical (unpaired) electrons. The Morgan fingerprint density at radius 2 is 1.30 bits per heavy atom. The largest absolute Gasteiger partial charge is 0.483 e. The van der Waals surface area contributed by atoms with Gasteiger partial charge in [-0.1, -0.05) is 0 Å². The lowest BCUT2D eigenvalue weighted by Crippen LogP contribution is -2.15. The van der Waals surface area contributed by atoms with E-state index in [0.29, 0.717) is 52.9 Å². The van der Waals surface area contributed by atoms with Crippen LogP contribution >= 0.6 is 0 Å². The van der Waals surface area contributed by atoms with Gasteiger partial charge in [-0.25, -0.2) is 0 Å². The fourth-order valence-electron chi connectivity index (χ4n) is 0.977. The molecule has 0 aromatic rings. The number of hydrogen-bond donors (Lipinski definition) is 2. The maximum Gasteiger partial charge on any atom is 0.290 e. The van der Waals surface area contributed by atoms with E-state index in [-0.39, 0.29) is 18.8 Å². The smallest absolute Gasteiger partial charge is 0.290 e. The summed E-state index contributed by atoms with van der Waals surface area (Å²) in [5, 5.41) is 6.89. The zero-order valence-electron chi connectivity index (χ0n) is 11.9. The van der Waals surface area contributed by atoms with Gasteiger partial charge >= 0.3 is 0 Å². The maximum atomic E-state index is 10.4. The van der Waals surface area contributed by atoms with Crippen molar-refractivity contribution in [3.8, 4) is 0 Å². The first-order valence-corrected chi connectivity index (χ1v) is 6.36. The third-order valence-electron chi connectivity index (χ3n) is 1.81.